The Morgan fingerprint density at radius 1 is 1.20 bits per heavy atom. The van der Waals surface area contributed by atoms with Crippen molar-refractivity contribution in [3.63, 3.8) is 0 Å². The van der Waals surface area contributed by atoms with Gasteiger partial charge in [0.05, 0.1) is 18.7 Å². The van der Waals surface area contributed by atoms with E-state index in [9.17, 15) is 14.3 Å². The minimum Gasteiger partial charge on any atom is -0.497 e. The van der Waals surface area contributed by atoms with Crippen LogP contribution < -0.4 is 10.1 Å². The predicted octanol–water partition coefficient (Wildman–Crippen LogP) is 2.85. The number of fused-ring (bicyclic) bond motifs is 1. The van der Waals surface area contributed by atoms with Crippen LogP contribution in [0.1, 0.15) is 22.2 Å². The lowest BCUT2D eigenvalue weighted by Gasteiger charge is -2.12. The molecule has 0 bridgehead atoms. The topological polar surface area (TPSA) is 71.5 Å². The lowest BCUT2D eigenvalue weighted by atomic mass is 10.1. The van der Waals surface area contributed by atoms with Gasteiger partial charge in [0.1, 0.15) is 17.3 Å². The lowest BCUT2D eigenvalue weighted by molar-refractivity contribution is 0.0911. The number of carbonyl (C=O) groups is 1. The van der Waals surface area contributed by atoms with Gasteiger partial charge in [-0.2, -0.15) is 0 Å². The van der Waals surface area contributed by atoms with Gasteiger partial charge in [-0.3, -0.25) is 4.79 Å². The Hall–Kier alpha value is -2.99. The van der Waals surface area contributed by atoms with Gasteiger partial charge in [-0.1, -0.05) is 18.2 Å². The first-order chi connectivity index (χ1) is 12.1. The molecule has 128 valence electrons. The summed E-state index contributed by atoms with van der Waals surface area (Å²) in [7, 11) is 1.59. The summed E-state index contributed by atoms with van der Waals surface area (Å²) in [4.78, 5) is 16.5. The average Bonchev–Trinajstić information content (AvgIpc) is 2.65. The molecule has 0 aliphatic heterocycles. The van der Waals surface area contributed by atoms with Gasteiger partial charge in [0.15, 0.2) is 0 Å². The van der Waals surface area contributed by atoms with Crippen molar-refractivity contribution in [1.29, 1.82) is 0 Å². The summed E-state index contributed by atoms with van der Waals surface area (Å²) in [6.45, 7) is 0.00674. The number of methoxy groups -OCH3 is 1. The van der Waals surface area contributed by atoms with E-state index >= 15 is 0 Å². The Balaban J connectivity index is 1.68. The number of benzene rings is 2. The fourth-order valence-electron chi connectivity index (χ4n) is 2.44. The highest BCUT2D eigenvalue weighted by molar-refractivity contribution is 5.95. The van der Waals surface area contributed by atoms with Gasteiger partial charge in [-0.25, -0.2) is 9.37 Å². The number of aliphatic hydroxyl groups is 1. The van der Waals surface area contributed by atoms with Crippen LogP contribution in [0.25, 0.3) is 10.9 Å². The maximum atomic E-state index is 12.9. The quantitative estimate of drug-likeness (QED) is 0.749. The second kappa shape index (κ2) is 7.27. The van der Waals surface area contributed by atoms with Crippen molar-refractivity contribution in [1.82, 2.24) is 10.3 Å². The van der Waals surface area contributed by atoms with Gasteiger partial charge >= 0.3 is 0 Å². The van der Waals surface area contributed by atoms with Crippen molar-refractivity contribution in [3.05, 3.63) is 71.7 Å². The van der Waals surface area contributed by atoms with Crippen molar-refractivity contribution in [2.24, 2.45) is 0 Å². The Morgan fingerprint density at radius 3 is 2.68 bits per heavy atom. The number of hydrogen-bond donors (Lipinski definition) is 2. The molecule has 5 nitrogen and oxygen atoms in total. The van der Waals surface area contributed by atoms with Crippen molar-refractivity contribution >= 4 is 16.8 Å². The Labute approximate surface area is 144 Å². The van der Waals surface area contributed by atoms with Crippen LogP contribution in [0.3, 0.4) is 0 Å². The van der Waals surface area contributed by atoms with E-state index < -0.39 is 6.10 Å². The molecule has 1 aromatic heterocycles. The molecule has 0 saturated heterocycles. The van der Waals surface area contributed by atoms with E-state index in [1.54, 1.807) is 31.4 Å². The largest absolute Gasteiger partial charge is 0.497 e. The van der Waals surface area contributed by atoms with Crippen LogP contribution in [-0.2, 0) is 0 Å². The lowest BCUT2D eigenvalue weighted by Crippen LogP contribution is -2.29. The zero-order valence-electron chi connectivity index (χ0n) is 13.6. The Morgan fingerprint density at radius 2 is 1.96 bits per heavy atom. The molecule has 25 heavy (non-hydrogen) atoms. The highest BCUT2D eigenvalue weighted by atomic mass is 19.1. The fourth-order valence-corrected chi connectivity index (χ4v) is 2.44. The van der Waals surface area contributed by atoms with Gasteiger partial charge in [0.2, 0.25) is 0 Å². The maximum absolute atomic E-state index is 12.9. The van der Waals surface area contributed by atoms with E-state index in [4.69, 9.17) is 4.74 Å². The van der Waals surface area contributed by atoms with E-state index in [2.05, 4.69) is 10.3 Å². The first kappa shape index (κ1) is 16.9. The first-order valence-corrected chi connectivity index (χ1v) is 7.73. The molecule has 1 heterocycles. The molecule has 1 amide bonds. The third-order valence-corrected chi connectivity index (χ3v) is 3.84. The van der Waals surface area contributed by atoms with E-state index in [1.165, 1.54) is 24.3 Å². The minimum atomic E-state index is -0.922. The number of carbonyl (C=O) groups excluding carboxylic acids is 1. The number of nitrogens with one attached hydrogen (secondary N) is 1. The summed E-state index contributed by atoms with van der Waals surface area (Å²) in [6.07, 6.45) is -0.922. The summed E-state index contributed by atoms with van der Waals surface area (Å²) in [6, 6.07) is 14.3. The van der Waals surface area contributed by atoms with Gasteiger partial charge in [-0.05, 0) is 42.0 Å². The normalized spacial score (nSPS) is 12.0. The van der Waals surface area contributed by atoms with Crippen LogP contribution >= 0.6 is 0 Å². The van der Waals surface area contributed by atoms with Crippen LogP contribution in [0.5, 0.6) is 5.75 Å². The van der Waals surface area contributed by atoms with Crippen molar-refractivity contribution in [3.8, 4) is 5.75 Å². The number of nitrogens with zero attached hydrogens (tertiary/aromatic N) is 1. The van der Waals surface area contributed by atoms with Crippen LogP contribution in [0, 0.1) is 5.82 Å². The monoisotopic (exact) mass is 340 g/mol. The number of pyridine rings is 1. The molecule has 0 radical (unpaired) electrons. The molecule has 1 unspecified atom stereocenters. The molecule has 1 atom stereocenters. The summed E-state index contributed by atoms with van der Waals surface area (Å²) < 4.78 is 18.0. The number of aromatic nitrogens is 1. The highest BCUT2D eigenvalue weighted by Crippen LogP contribution is 2.19. The second-order valence-electron chi connectivity index (χ2n) is 5.53. The molecule has 2 N–H and O–H groups in total. The van der Waals surface area contributed by atoms with Crippen molar-refractivity contribution in [2.45, 2.75) is 6.10 Å². The zero-order valence-corrected chi connectivity index (χ0v) is 13.6. The van der Waals surface area contributed by atoms with Crippen molar-refractivity contribution < 1.29 is 19.0 Å². The number of ether oxygens (including phenoxy) is 1. The minimum absolute atomic E-state index is 0.00674. The smallest absolute Gasteiger partial charge is 0.270 e. The van der Waals surface area contributed by atoms with E-state index in [1.807, 2.05) is 6.07 Å². The molecule has 6 heteroatoms. The maximum Gasteiger partial charge on any atom is 0.270 e. The molecular weight excluding hydrogens is 323 g/mol. The number of aliphatic hydroxyl groups excluding tert-OH is 1. The van der Waals surface area contributed by atoms with Crippen LogP contribution in [0.15, 0.2) is 54.6 Å². The number of amides is 1. The number of rotatable bonds is 5. The van der Waals surface area contributed by atoms with Gasteiger partial charge in [0.25, 0.3) is 5.91 Å². The molecule has 0 saturated carbocycles. The van der Waals surface area contributed by atoms with E-state index in [-0.39, 0.29) is 24.0 Å². The summed E-state index contributed by atoms with van der Waals surface area (Å²) in [5.74, 6) is -0.0511. The van der Waals surface area contributed by atoms with Crippen LogP contribution in [0.2, 0.25) is 0 Å². The number of hydrogen-bond acceptors (Lipinski definition) is 4. The third kappa shape index (κ3) is 3.92. The Kier molecular flexibility index (Phi) is 4.90. The van der Waals surface area contributed by atoms with E-state index in [0.717, 1.165) is 5.39 Å². The molecule has 0 aliphatic carbocycles. The summed E-state index contributed by atoms with van der Waals surface area (Å²) >= 11 is 0. The predicted molar refractivity (Wildman–Crippen MR) is 92.0 cm³/mol. The molecule has 3 rings (SSSR count). The molecule has 0 aliphatic rings. The first-order valence-electron chi connectivity index (χ1n) is 7.73. The van der Waals surface area contributed by atoms with Crippen LogP contribution in [0.4, 0.5) is 4.39 Å². The summed E-state index contributed by atoms with van der Waals surface area (Å²) in [5, 5.41) is 13.6. The van der Waals surface area contributed by atoms with Gasteiger partial charge in [0, 0.05) is 11.9 Å². The molecule has 3 aromatic rings. The molecule has 0 spiro atoms. The molecular formula is C19H17FN2O3. The average molecular weight is 340 g/mol. The molecule has 0 fully saturated rings. The zero-order chi connectivity index (χ0) is 17.8. The Bertz CT molecular complexity index is 897. The second-order valence-corrected chi connectivity index (χ2v) is 5.53. The fraction of sp³-hybridized carbons (Fsp3) is 0.158. The van der Waals surface area contributed by atoms with Crippen LogP contribution in [-0.4, -0.2) is 29.7 Å². The highest BCUT2D eigenvalue weighted by Gasteiger charge is 2.12. The standard InChI is InChI=1S/C19H17FN2O3/c1-25-15-7-9-16-13(10-15)4-8-17(22-16)19(24)21-11-18(23)12-2-5-14(20)6-3-12/h2-10,18,23H,11H2,1H3,(H,21,24). The van der Waals surface area contributed by atoms with Gasteiger partial charge in [-0.15, -0.1) is 0 Å². The van der Waals surface area contributed by atoms with E-state index in [0.29, 0.717) is 16.8 Å². The third-order valence-electron chi connectivity index (χ3n) is 3.84. The van der Waals surface area contributed by atoms with Gasteiger partial charge < -0.3 is 15.2 Å². The SMILES string of the molecule is COc1ccc2nc(C(=O)NCC(O)c3ccc(F)cc3)ccc2c1. The summed E-state index contributed by atoms with van der Waals surface area (Å²) in [5.41, 5.74) is 1.46. The van der Waals surface area contributed by atoms with Crippen molar-refractivity contribution in [2.75, 3.05) is 13.7 Å². The number of halogens is 1. The molecule has 2 aromatic carbocycles.